The second-order valence-corrected chi connectivity index (χ2v) is 1.06. The lowest BCUT2D eigenvalue weighted by Gasteiger charge is -1.93. The summed E-state index contributed by atoms with van der Waals surface area (Å²) in [5.74, 6) is 0. The number of halogens is 1. The molecule has 0 heterocycles. The first-order valence-electron chi connectivity index (χ1n) is 1.37. The third kappa shape index (κ3) is 3.95. The van der Waals surface area contributed by atoms with E-state index >= 15 is 0 Å². The molecule has 0 aliphatic rings. The van der Waals surface area contributed by atoms with Crippen molar-refractivity contribution in [3.63, 3.8) is 0 Å². The van der Waals surface area contributed by atoms with E-state index in [1.54, 1.807) is 14.1 Å². The summed E-state index contributed by atoms with van der Waals surface area (Å²) in [6, 6.07) is 0. The molecule has 1 nitrogen and oxygen atoms in total. The van der Waals surface area contributed by atoms with Crippen LogP contribution in [0.2, 0.25) is 0 Å². The van der Waals surface area contributed by atoms with Gasteiger partial charge in [0, 0.05) is 0 Å². The Morgan fingerprint density at radius 1 is 1.60 bits per heavy atom. The third-order valence-corrected chi connectivity index (χ3v) is 0.195. The van der Waals surface area contributed by atoms with Crippen molar-refractivity contribution >= 4 is 7.69 Å². The Morgan fingerprint density at radius 2 is 1.80 bits per heavy atom. The Balaban J connectivity index is 2.54. The molecule has 0 bridgehead atoms. The molecule has 0 saturated heterocycles. The van der Waals surface area contributed by atoms with Crippen LogP contribution in [0.5, 0.6) is 0 Å². The smallest absolute Gasteiger partial charge is 0.321 e. The average molecular weight is 73.9 g/mol. The van der Waals surface area contributed by atoms with E-state index in [2.05, 4.69) is 0 Å². The van der Waals surface area contributed by atoms with Crippen molar-refractivity contribution in [1.82, 2.24) is 4.81 Å². The summed E-state index contributed by atoms with van der Waals surface area (Å²) < 4.78 is 10.9. The predicted molar refractivity (Wildman–Crippen MR) is 20.5 cm³/mol. The van der Waals surface area contributed by atoms with Crippen LogP contribution in [0.1, 0.15) is 0 Å². The molecule has 0 atom stereocenters. The SMILES string of the molecule is CN(C)[B]F. The van der Waals surface area contributed by atoms with Crippen molar-refractivity contribution < 1.29 is 4.32 Å². The van der Waals surface area contributed by atoms with Crippen LogP contribution in [-0.2, 0) is 0 Å². The Kier molecular flexibility index (Phi) is 2.19. The molecule has 0 rings (SSSR count). The van der Waals surface area contributed by atoms with E-state index < -0.39 is 0 Å². The van der Waals surface area contributed by atoms with Gasteiger partial charge in [0.1, 0.15) is 0 Å². The molecule has 0 spiro atoms. The quantitative estimate of drug-likeness (QED) is 0.397. The molecule has 0 aliphatic heterocycles. The second kappa shape index (κ2) is 2.21. The maximum Gasteiger partial charge on any atom is 0.453 e. The van der Waals surface area contributed by atoms with Crippen molar-refractivity contribution in [2.75, 3.05) is 14.1 Å². The first kappa shape index (κ1) is 4.95. The van der Waals surface area contributed by atoms with Gasteiger partial charge in [-0.1, -0.05) is 0 Å². The van der Waals surface area contributed by atoms with Gasteiger partial charge in [0.25, 0.3) is 0 Å². The van der Waals surface area contributed by atoms with Gasteiger partial charge in [0.15, 0.2) is 0 Å². The molecule has 0 aromatic heterocycles. The first-order valence-corrected chi connectivity index (χ1v) is 1.37. The number of hydrogen-bond acceptors (Lipinski definition) is 1. The highest BCUT2D eigenvalue weighted by molar-refractivity contribution is 6.21. The molecule has 0 aromatic rings. The molecule has 0 saturated carbocycles. The van der Waals surface area contributed by atoms with E-state index in [1.165, 1.54) is 4.81 Å². The summed E-state index contributed by atoms with van der Waals surface area (Å²) in [5.41, 5.74) is 0. The topological polar surface area (TPSA) is 3.24 Å². The summed E-state index contributed by atoms with van der Waals surface area (Å²) in [7, 11) is 3.75. The van der Waals surface area contributed by atoms with E-state index in [9.17, 15) is 4.32 Å². The molecule has 0 aliphatic carbocycles. The molecule has 5 heavy (non-hydrogen) atoms. The summed E-state index contributed by atoms with van der Waals surface area (Å²) >= 11 is 0. The fourth-order valence-electron chi connectivity index (χ4n) is 0. The van der Waals surface area contributed by atoms with Gasteiger partial charge in [0.2, 0.25) is 0 Å². The largest absolute Gasteiger partial charge is 0.453 e. The van der Waals surface area contributed by atoms with E-state index in [4.69, 9.17) is 0 Å². The monoisotopic (exact) mass is 74.1 g/mol. The lowest BCUT2D eigenvalue weighted by Crippen LogP contribution is -2.11. The van der Waals surface area contributed by atoms with Gasteiger partial charge in [-0.3, -0.25) is 0 Å². The van der Waals surface area contributed by atoms with Gasteiger partial charge in [-0.25, -0.2) is 0 Å². The van der Waals surface area contributed by atoms with Gasteiger partial charge in [0.05, 0.1) is 0 Å². The Morgan fingerprint density at radius 3 is 1.80 bits per heavy atom. The van der Waals surface area contributed by atoms with Gasteiger partial charge in [-0.05, 0) is 14.1 Å². The van der Waals surface area contributed by atoms with Crippen molar-refractivity contribution in [3.05, 3.63) is 0 Å². The highest BCUT2D eigenvalue weighted by atomic mass is 19.1. The second-order valence-electron chi connectivity index (χ2n) is 1.06. The van der Waals surface area contributed by atoms with Crippen LogP contribution >= 0.6 is 0 Å². The van der Waals surface area contributed by atoms with Crippen LogP contribution in [0.3, 0.4) is 0 Å². The third-order valence-electron chi connectivity index (χ3n) is 0.195. The molecule has 1 radical (unpaired) electrons. The van der Waals surface area contributed by atoms with Crippen molar-refractivity contribution in [1.29, 1.82) is 0 Å². The van der Waals surface area contributed by atoms with Gasteiger partial charge in [-0.15, -0.1) is 0 Å². The minimum absolute atomic E-state index is 0.500. The maximum atomic E-state index is 10.9. The van der Waals surface area contributed by atoms with Gasteiger partial charge < -0.3 is 9.13 Å². The molecule has 0 N–H and O–H groups in total. The maximum absolute atomic E-state index is 10.9. The molecular formula is C2H6BFN. The predicted octanol–water partition coefficient (Wildman–Crippen LogP) is 0.0517. The van der Waals surface area contributed by atoms with Crippen LogP contribution in [0.15, 0.2) is 0 Å². The summed E-state index contributed by atoms with van der Waals surface area (Å²) in [4.78, 5) is 1.33. The van der Waals surface area contributed by atoms with Crippen LogP contribution in [-0.4, -0.2) is 26.6 Å². The van der Waals surface area contributed by atoms with Crippen molar-refractivity contribution in [3.8, 4) is 0 Å². The van der Waals surface area contributed by atoms with E-state index in [0.29, 0.717) is 7.69 Å². The molecule has 0 amide bonds. The zero-order valence-corrected chi connectivity index (χ0v) is 3.40. The standard InChI is InChI=1S/C2H6BFN/c1-5(2)3-4/h1-2H3. The molecule has 0 aromatic carbocycles. The van der Waals surface area contributed by atoms with Crippen LogP contribution < -0.4 is 0 Å². The number of hydrogen-bond donors (Lipinski definition) is 0. The van der Waals surface area contributed by atoms with Crippen molar-refractivity contribution in [2.45, 2.75) is 0 Å². The van der Waals surface area contributed by atoms with E-state index in [-0.39, 0.29) is 0 Å². The Labute approximate surface area is 32.1 Å². The molecule has 29 valence electrons. The highest BCUT2D eigenvalue weighted by Gasteiger charge is 1.84. The minimum Gasteiger partial charge on any atom is -0.321 e. The fraction of sp³-hybridized carbons (Fsp3) is 1.00. The summed E-state index contributed by atoms with van der Waals surface area (Å²) in [6.07, 6.45) is 0. The van der Waals surface area contributed by atoms with Crippen LogP contribution in [0.4, 0.5) is 4.32 Å². The molecule has 0 fully saturated rings. The fourth-order valence-corrected chi connectivity index (χ4v) is 0. The lowest BCUT2D eigenvalue weighted by molar-refractivity contribution is 0.599. The normalized spacial score (nSPS) is 8.80. The molecule has 0 unspecified atom stereocenters. The zero-order chi connectivity index (χ0) is 4.28. The zero-order valence-electron chi connectivity index (χ0n) is 3.40. The lowest BCUT2D eigenvalue weighted by atomic mass is 10.3. The van der Waals surface area contributed by atoms with Crippen LogP contribution in [0, 0.1) is 0 Å². The summed E-state index contributed by atoms with van der Waals surface area (Å²) in [5, 5.41) is 0. The van der Waals surface area contributed by atoms with Gasteiger partial charge >= 0.3 is 7.69 Å². The molecular weight excluding hydrogens is 67.8 g/mol. The summed E-state index contributed by atoms with van der Waals surface area (Å²) in [6.45, 7) is 0. The Bertz CT molecular complexity index is 23.6. The van der Waals surface area contributed by atoms with Gasteiger partial charge in [-0.2, -0.15) is 0 Å². The van der Waals surface area contributed by atoms with E-state index in [1.807, 2.05) is 0 Å². The molecule has 3 heteroatoms. The minimum atomic E-state index is 0.500. The average Bonchev–Trinajstić information content (AvgIpc) is 1.38. The van der Waals surface area contributed by atoms with E-state index in [0.717, 1.165) is 0 Å². The van der Waals surface area contributed by atoms with Crippen molar-refractivity contribution in [2.24, 2.45) is 0 Å². The first-order chi connectivity index (χ1) is 2.27. The number of rotatable bonds is 1. The van der Waals surface area contributed by atoms with Crippen LogP contribution in [0.25, 0.3) is 0 Å². The Hall–Kier alpha value is -0.0451. The number of nitrogens with zero attached hydrogens (tertiary/aromatic N) is 1. The highest BCUT2D eigenvalue weighted by Crippen LogP contribution is 1.63.